The van der Waals surface area contributed by atoms with Crippen LogP contribution in [0, 0.1) is 33.1 Å². The maximum Gasteiger partial charge on any atom is 0.265 e. The average molecular weight is 548 g/mol. The maximum absolute atomic E-state index is 14.2. The van der Waals surface area contributed by atoms with Crippen LogP contribution in [0.5, 0.6) is 5.75 Å². The number of hydrogen-bond acceptors (Lipinski definition) is 9. The van der Waals surface area contributed by atoms with E-state index in [1.165, 1.54) is 0 Å². The van der Waals surface area contributed by atoms with Gasteiger partial charge in [-0.15, -0.1) is 9.81 Å². The van der Waals surface area contributed by atoms with Gasteiger partial charge in [0.2, 0.25) is 0 Å². The first-order chi connectivity index (χ1) is 16.8. The predicted octanol–water partition coefficient (Wildman–Crippen LogP) is 4.65. The van der Waals surface area contributed by atoms with Crippen molar-refractivity contribution in [1.29, 1.82) is 0 Å². The van der Waals surface area contributed by atoms with Gasteiger partial charge >= 0.3 is 0 Å². The Morgan fingerprint density at radius 3 is 1.50 bits per heavy atom. The Morgan fingerprint density at radius 2 is 1.11 bits per heavy atom. The summed E-state index contributed by atoms with van der Waals surface area (Å²) in [5.74, 6) is -6.45. The zero-order valence-electron chi connectivity index (χ0n) is 17.6. The van der Waals surface area contributed by atoms with E-state index < -0.39 is 81.6 Å². The van der Waals surface area contributed by atoms with Gasteiger partial charge in [0.15, 0.2) is 23.3 Å². The molecular weight excluding hydrogens is 536 g/mol. The Hall–Kier alpha value is -4.12. The minimum Gasteiger partial charge on any atom is -0.495 e. The topological polar surface area (TPSA) is 160 Å². The van der Waals surface area contributed by atoms with Gasteiger partial charge in [-0.25, -0.2) is 34.4 Å². The Balaban J connectivity index is 2.06. The number of rotatable bonds is 9. The molecule has 0 amide bonds. The molecule has 3 aromatic rings. The van der Waals surface area contributed by atoms with E-state index in [9.17, 15) is 44.2 Å². The first-order valence-electron chi connectivity index (χ1n) is 9.21. The fourth-order valence-corrected chi connectivity index (χ4v) is 5.29. The van der Waals surface area contributed by atoms with Crippen LogP contribution in [0.3, 0.4) is 0 Å². The van der Waals surface area contributed by atoms with Gasteiger partial charge in [0, 0.05) is 24.3 Å². The Labute approximate surface area is 200 Å². The summed E-state index contributed by atoms with van der Waals surface area (Å²) in [6, 6.07) is 3.99. The highest BCUT2D eigenvalue weighted by atomic mass is 32.2. The molecule has 3 rings (SSSR count). The number of nitrogens with one attached hydrogen (secondary N) is 2. The van der Waals surface area contributed by atoms with Gasteiger partial charge in [-0.1, -0.05) is 0 Å². The summed E-state index contributed by atoms with van der Waals surface area (Å²) in [6.07, 6.45) is 0. The first-order valence-corrected chi connectivity index (χ1v) is 12.2. The van der Waals surface area contributed by atoms with Crippen molar-refractivity contribution in [1.82, 2.24) is 0 Å². The van der Waals surface area contributed by atoms with Crippen LogP contribution in [-0.2, 0) is 20.0 Å². The van der Waals surface area contributed by atoms with Crippen molar-refractivity contribution in [2.45, 2.75) is 9.79 Å². The number of ether oxygens (including phenoxy) is 1. The Kier molecular flexibility index (Phi) is 7.25. The molecule has 0 bridgehead atoms. The van der Waals surface area contributed by atoms with Crippen molar-refractivity contribution in [3.05, 3.63) is 75.5 Å². The number of benzene rings is 3. The quantitative estimate of drug-likeness (QED) is 0.291. The van der Waals surface area contributed by atoms with Crippen molar-refractivity contribution in [3.8, 4) is 5.75 Å². The third-order valence-corrected chi connectivity index (χ3v) is 7.19. The fraction of sp³-hybridized carbons (Fsp3) is 0.0526. The second kappa shape index (κ2) is 9.86. The van der Waals surface area contributed by atoms with Crippen LogP contribution < -0.4 is 14.2 Å². The maximum atomic E-state index is 14.2. The fourth-order valence-electron chi connectivity index (χ4n) is 2.84. The van der Waals surface area contributed by atoms with Crippen molar-refractivity contribution in [2.75, 3.05) is 16.6 Å². The van der Waals surface area contributed by atoms with Gasteiger partial charge in [-0.2, -0.15) is 0 Å². The third-order valence-electron chi connectivity index (χ3n) is 4.47. The average Bonchev–Trinajstić information content (AvgIpc) is 2.82. The highest BCUT2D eigenvalue weighted by Crippen LogP contribution is 2.33. The van der Waals surface area contributed by atoms with E-state index in [2.05, 4.69) is 10.4 Å². The molecule has 36 heavy (non-hydrogen) atoms. The van der Waals surface area contributed by atoms with Crippen LogP contribution in [-0.4, -0.2) is 23.9 Å². The van der Waals surface area contributed by atoms with Crippen LogP contribution in [0.25, 0.3) is 0 Å². The van der Waals surface area contributed by atoms with Gasteiger partial charge in [-0.3, -0.25) is 9.44 Å². The van der Waals surface area contributed by atoms with Crippen LogP contribution in [0.4, 0.5) is 40.3 Å². The molecule has 0 aromatic heterocycles. The summed E-state index contributed by atoms with van der Waals surface area (Å²) in [7, 11) is -8.80. The van der Waals surface area contributed by atoms with E-state index in [0.29, 0.717) is 30.3 Å². The molecule has 0 heterocycles. The lowest BCUT2D eigenvalue weighted by Crippen LogP contribution is -2.19. The number of anilines is 2. The van der Waals surface area contributed by atoms with E-state index >= 15 is 0 Å². The smallest absolute Gasteiger partial charge is 0.265 e. The lowest BCUT2D eigenvalue weighted by Gasteiger charge is -2.15. The summed E-state index contributed by atoms with van der Waals surface area (Å²) >= 11 is 0. The summed E-state index contributed by atoms with van der Waals surface area (Å²) < 4.78 is 116. The van der Waals surface area contributed by atoms with Crippen LogP contribution >= 0.6 is 0 Å². The van der Waals surface area contributed by atoms with Gasteiger partial charge in [0.1, 0.15) is 33.4 Å². The molecule has 190 valence electrons. The largest absolute Gasteiger partial charge is 0.495 e. The molecule has 3 aromatic carbocycles. The van der Waals surface area contributed by atoms with Gasteiger partial charge < -0.3 is 4.74 Å². The van der Waals surface area contributed by atoms with Gasteiger partial charge in [0.05, 0.1) is 12.0 Å². The molecule has 0 spiro atoms. The van der Waals surface area contributed by atoms with Crippen molar-refractivity contribution < 1.29 is 39.1 Å². The normalized spacial score (nSPS) is 11.6. The lowest BCUT2D eigenvalue weighted by atomic mass is 10.2. The molecule has 0 fully saturated rings. The summed E-state index contributed by atoms with van der Waals surface area (Å²) in [6.45, 7) is 0. The number of nitrogens with zero attached hydrogens (tertiary/aromatic N) is 2. The van der Waals surface area contributed by atoms with Crippen molar-refractivity contribution >= 4 is 42.8 Å². The molecule has 0 aliphatic rings. The molecule has 0 saturated heterocycles. The molecule has 17 heteroatoms. The van der Waals surface area contributed by atoms with E-state index in [1.54, 1.807) is 9.44 Å². The summed E-state index contributed by atoms with van der Waals surface area (Å²) in [5, 5.41) is 4.67. The minimum absolute atomic E-state index is 0.449. The number of sulfonamides is 2. The third kappa shape index (κ3) is 5.25. The van der Waals surface area contributed by atoms with Gasteiger partial charge in [0.25, 0.3) is 20.0 Å². The number of methoxy groups -OCH3 is 1. The SMILES string of the molecule is COc1ccc(S(=O)(=O)Nc2c(F)cc(N=O)cc2F)cc1S(=O)(=O)Nc1c(F)cc(N=O)cc1F. The zero-order valence-corrected chi connectivity index (χ0v) is 19.3. The highest BCUT2D eigenvalue weighted by molar-refractivity contribution is 7.93. The second-order valence-corrected chi connectivity index (χ2v) is 10.1. The van der Waals surface area contributed by atoms with E-state index in [0.717, 1.165) is 19.2 Å². The number of halogens is 4. The molecule has 0 unspecified atom stereocenters. The van der Waals surface area contributed by atoms with Crippen molar-refractivity contribution in [2.24, 2.45) is 10.4 Å². The van der Waals surface area contributed by atoms with Gasteiger partial charge in [-0.05, 0) is 28.6 Å². The molecule has 0 aliphatic heterocycles. The van der Waals surface area contributed by atoms with Crippen LogP contribution in [0.1, 0.15) is 0 Å². The molecule has 0 aliphatic carbocycles. The minimum atomic E-state index is -4.95. The number of hydrogen-bond donors (Lipinski definition) is 2. The Morgan fingerprint density at radius 1 is 0.694 bits per heavy atom. The Bertz CT molecular complexity index is 1550. The molecule has 0 atom stereocenters. The van der Waals surface area contributed by atoms with E-state index in [4.69, 9.17) is 4.74 Å². The first kappa shape index (κ1) is 26.5. The van der Waals surface area contributed by atoms with Crippen LogP contribution in [0.15, 0.2) is 62.6 Å². The molecular formula is C19H12F4N4O7S2. The predicted molar refractivity (Wildman–Crippen MR) is 118 cm³/mol. The van der Waals surface area contributed by atoms with E-state index in [1.807, 2.05) is 0 Å². The molecule has 2 N–H and O–H groups in total. The lowest BCUT2D eigenvalue weighted by molar-refractivity contribution is 0.402. The standard InChI is InChI=1S/C19H12F4N4O7S2/c1-34-16-3-2-11(35(30,31)26-18-12(20)4-9(24-28)5-13(18)21)8-17(16)36(32,33)27-19-14(22)6-10(25-29)7-15(19)23/h2-8,26-27H,1H3. The van der Waals surface area contributed by atoms with Crippen LogP contribution in [0.2, 0.25) is 0 Å². The molecule has 0 saturated carbocycles. The summed E-state index contributed by atoms with van der Waals surface area (Å²) in [4.78, 5) is 19.2. The van der Waals surface area contributed by atoms with E-state index in [-0.39, 0.29) is 0 Å². The van der Waals surface area contributed by atoms with Crippen molar-refractivity contribution in [3.63, 3.8) is 0 Å². The zero-order chi connectivity index (χ0) is 26.8. The molecule has 11 nitrogen and oxygen atoms in total. The monoisotopic (exact) mass is 548 g/mol. The summed E-state index contributed by atoms with van der Waals surface area (Å²) in [5.41, 5.74) is -3.72. The highest BCUT2D eigenvalue weighted by Gasteiger charge is 2.28. The number of nitroso groups, excluding NO2 is 2. The second-order valence-electron chi connectivity index (χ2n) is 6.78. The molecule has 0 radical (unpaired) electrons.